The molecule has 0 heterocycles. The minimum atomic E-state index is -2.90. The Morgan fingerprint density at radius 3 is 2.58 bits per heavy atom. The van der Waals surface area contributed by atoms with E-state index >= 15 is 0 Å². The van der Waals surface area contributed by atoms with Gasteiger partial charge in [0.05, 0.1) is 12.9 Å². The summed E-state index contributed by atoms with van der Waals surface area (Å²) in [6.07, 6.45) is 0. The SMILES string of the molecule is CCS(=O)(=O)CCN(C)Cc1cc(C)ccc1OC. The average molecular weight is 285 g/mol. The second-order valence-electron chi connectivity index (χ2n) is 4.79. The third-order valence-electron chi connectivity index (χ3n) is 3.10. The number of benzene rings is 1. The van der Waals surface area contributed by atoms with Gasteiger partial charge < -0.3 is 9.64 Å². The van der Waals surface area contributed by atoms with Gasteiger partial charge in [-0.25, -0.2) is 8.42 Å². The van der Waals surface area contributed by atoms with Gasteiger partial charge in [-0.1, -0.05) is 24.6 Å². The van der Waals surface area contributed by atoms with E-state index in [2.05, 4.69) is 6.07 Å². The molecule has 4 nitrogen and oxygen atoms in total. The quantitative estimate of drug-likeness (QED) is 0.767. The molecule has 0 unspecified atom stereocenters. The van der Waals surface area contributed by atoms with Crippen molar-refractivity contribution in [3.05, 3.63) is 29.3 Å². The minimum absolute atomic E-state index is 0.203. The van der Waals surface area contributed by atoms with Crippen LogP contribution < -0.4 is 4.74 Å². The van der Waals surface area contributed by atoms with Crippen molar-refractivity contribution in [3.63, 3.8) is 0 Å². The molecule has 0 aliphatic carbocycles. The van der Waals surface area contributed by atoms with Crippen molar-refractivity contribution >= 4 is 9.84 Å². The first-order valence-electron chi connectivity index (χ1n) is 6.40. The lowest BCUT2D eigenvalue weighted by atomic mass is 10.1. The summed E-state index contributed by atoms with van der Waals surface area (Å²) < 4.78 is 28.3. The lowest BCUT2D eigenvalue weighted by molar-refractivity contribution is 0.333. The van der Waals surface area contributed by atoms with Crippen molar-refractivity contribution in [2.75, 3.05) is 32.2 Å². The lowest BCUT2D eigenvalue weighted by Crippen LogP contribution is -2.26. The van der Waals surface area contributed by atoms with Gasteiger partial charge in [-0.05, 0) is 20.0 Å². The van der Waals surface area contributed by atoms with Crippen LogP contribution in [0.1, 0.15) is 18.1 Å². The zero-order valence-electron chi connectivity index (χ0n) is 12.1. The van der Waals surface area contributed by atoms with Crippen molar-refractivity contribution in [3.8, 4) is 5.75 Å². The van der Waals surface area contributed by atoms with E-state index in [1.807, 2.05) is 31.0 Å². The first kappa shape index (κ1) is 16.0. The zero-order chi connectivity index (χ0) is 14.5. The molecule has 1 aromatic rings. The largest absolute Gasteiger partial charge is 0.496 e. The predicted molar refractivity (Wildman–Crippen MR) is 78.4 cm³/mol. The molecule has 0 amide bonds. The second-order valence-corrected chi connectivity index (χ2v) is 7.26. The van der Waals surface area contributed by atoms with Crippen LogP contribution in [0.25, 0.3) is 0 Å². The number of hydrogen-bond donors (Lipinski definition) is 0. The summed E-state index contributed by atoms with van der Waals surface area (Å²) in [6, 6.07) is 6.02. The fourth-order valence-electron chi connectivity index (χ4n) is 1.84. The first-order valence-corrected chi connectivity index (χ1v) is 8.22. The molecule has 108 valence electrons. The van der Waals surface area contributed by atoms with Crippen molar-refractivity contribution in [1.82, 2.24) is 4.90 Å². The summed E-state index contributed by atoms with van der Waals surface area (Å²) in [5.41, 5.74) is 2.25. The molecule has 0 fully saturated rings. The maximum atomic E-state index is 11.5. The maximum absolute atomic E-state index is 11.5. The van der Waals surface area contributed by atoms with Gasteiger partial charge in [0.2, 0.25) is 0 Å². The fraction of sp³-hybridized carbons (Fsp3) is 0.571. The molecule has 1 rings (SSSR count). The minimum Gasteiger partial charge on any atom is -0.496 e. The van der Waals surface area contributed by atoms with Crippen LogP contribution in [0, 0.1) is 6.92 Å². The number of nitrogens with zero attached hydrogens (tertiary/aromatic N) is 1. The summed E-state index contributed by atoms with van der Waals surface area (Å²) in [5, 5.41) is 0. The van der Waals surface area contributed by atoms with Gasteiger partial charge in [0.15, 0.2) is 9.84 Å². The van der Waals surface area contributed by atoms with Crippen molar-refractivity contribution in [1.29, 1.82) is 0 Å². The summed E-state index contributed by atoms with van der Waals surface area (Å²) in [5.74, 6) is 1.25. The van der Waals surface area contributed by atoms with Gasteiger partial charge in [0, 0.05) is 24.4 Å². The van der Waals surface area contributed by atoms with Gasteiger partial charge in [-0.2, -0.15) is 0 Å². The van der Waals surface area contributed by atoms with E-state index in [4.69, 9.17) is 4.74 Å². The van der Waals surface area contributed by atoms with E-state index in [0.29, 0.717) is 13.1 Å². The second kappa shape index (κ2) is 6.91. The van der Waals surface area contributed by atoms with E-state index in [0.717, 1.165) is 11.3 Å². The molecule has 0 aliphatic rings. The summed E-state index contributed by atoms with van der Waals surface area (Å²) in [7, 11) is 0.668. The van der Waals surface area contributed by atoms with Crippen LogP contribution in [-0.4, -0.2) is 45.5 Å². The van der Waals surface area contributed by atoms with Crippen LogP contribution in [0.15, 0.2) is 18.2 Å². The van der Waals surface area contributed by atoms with Gasteiger partial charge in [0.25, 0.3) is 0 Å². The van der Waals surface area contributed by atoms with Crippen LogP contribution in [0.4, 0.5) is 0 Å². The molecule has 19 heavy (non-hydrogen) atoms. The van der Waals surface area contributed by atoms with Gasteiger partial charge >= 0.3 is 0 Å². The molecule has 0 saturated heterocycles. The molecule has 1 aromatic carbocycles. The smallest absolute Gasteiger partial charge is 0.151 e. The van der Waals surface area contributed by atoms with Crippen molar-refractivity contribution in [2.24, 2.45) is 0 Å². The Labute approximate surface area is 116 Å². The highest BCUT2D eigenvalue weighted by atomic mass is 32.2. The van der Waals surface area contributed by atoms with Gasteiger partial charge in [0.1, 0.15) is 5.75 Å². The van der Waals surface area contributed by atoms with Crippen LogP contribution in [0.3, 0.4) is 0 Å². The molecular formula is C14H23NO3S. The number of ether oxygens (including phenoxy) is 1. The Bertz CT molecular complexity index is 511. The molecular weight excluding hydrogens is 262 g/mol. The Kier molecular flexibility index (Phi) is 5.82. The topological polar surface area (TPSA) is 46.6 Å². The van der Waals surface area contributed by atoms with E-state index in [-0.39, 0.29) is 11.5 Å². The fourth-order valence-corrected chi connectivity index (χ4v) is 2.72. The normalized spacial score (nSPS) is 11.8. The molecule has 0 aromatic heterocycles. The summed E-state index contributed by atoms with van der Waals surface area (Å²) in [4.78, 5) is 2.00. The van der Waals surface area contributed by atoms with Crippen molar-refractivity contribution in [2.45, 2.75) is 20.4 Å². The summed E-state index contributed by atoms with van der Waals surface area (Å²) in [6.45, 7) is 4.93. The van der Waals surface area contributed by atoms with Gasteiger partial charge in [-0.15, -0.1) is 0 Å². The molecule has 0 saturated carbocycles. The van der Waals surface area contributed by atoms with Crippen LogP contribution in [0.5, 0.6) is 5.75 Å². The standard InChI is InChI=1S/C14H23NO3S/c1-5-19(16,17)9-8-15(3)11-13-10-12(2)6-7-14(13)18-4/h6-7,10H,5,8-9,11H2,1-4H3. The molecule has 0 radical (unpaired) electrons. The Balaban J connectivity index is 2.66. The maximum Gasteiger partial charge on any atom is 0.151 e. The number of hydrogen-bond acceptors (Lipinski definition) is 4. The Morgan fingerprint density at radius 1 is 1.32 bits per heavy atom. The Hall–Kier alpha value is -1.07. The molecule has 0 aliphatic heterocycles. The number of sulfone groups is 1. The van der Waals surface area contributed by atoms with Crippen LogP contribution in [-0.2, 0) is 16.4 Å². The van der Waals surface area contributed by atoms with Crippen LogP contribution >= 0.6 is 0 Å². The molecule has 0 atom stereocenters. The number of aryl methyl sites for hydroxylation is 1. The van der Waals surface area contributed by atoms with Gasteiger partial charge in [-0.3, -0.25) is 0 Å². The highest BCUT2D eigenvalue weighted by Gasteiger charge is 2.11. The average Bonchev–Trinajstić information content (AvgIpc) is 2.37. The van der Waals surface area contributed by atoms with Crippen LogP contribution in [0.2, 0.25) is 0 Å². The number of methoxy groups -OCH3 is 1. The molecule has 0 N–H and O–H groups in total. The molecule has 0 spiro atoms. The monoisotopic (exact) mass is 285 g/mol. The predicted octanol–water partition coefficient (Wildman–Crippen LogP) is 1.87. The Morgan fingerprint density at radius 2 is 2.00 bits per heavy atom. The molecule has 5 heteroatoms. The highest BCUT2D eigenvalue weighted by Crippen LogP contribution is 2.20. The van der Waals surface area contributed by atoms with E-state index in [9.17, 15) is 8.42 Å². The first-order chi connectivity index (χ1) is 8.88. The van der Waals surface area contributed by atoms with E-state index in [1.165, 1.54) is 5.56 Å². The zero-order valence-corrected chi connectivity index (χ0v) is 13.0. The third kappa shape index (κ3) is 5.20. The third-order valence-corrected chi connectivity index (χ3v) is 4.78. The molecule has 0 bridgehead atoms. The van der Waals surface area contributed by atoms with E-state index in [1.54, 1.807) is 14.0 Å². The van der Waals surface area contributed by atoms with E-state index < -0.39 is 9.84 Å². The number of rotatable bonds is 7. The highest BCUT2D eigenvalue weighted by molar-refractivity contribution is 7.91. The van der Waals surface area contributed by atoms with Crippen molar-refractivity contribution < 1.29 is 13.2 Å². The lowest BCUT2D eigenvalue weighted by Gasteiger charge is -2.18. The summed E-state index contributed by atoms with van der Waals surface area (Å²) >= 11 is 0.